The lowest BCUT2D eigenvalue weighted by atomic mass is 9.99. The zero-order valence-corrected chi connectivity index (χ0v) is 34.9. The van der Waals surface area contributed by atoms with E-state index in [2.05, 4.69) is 35.5 Å². The van der Waals surface area contributed by atoms with Crippen LogP contribution in [0.25, 0.3) is 27.7 Å². The van der Waals surface area contributed by atoms with Crippen LogP contribution in [-0.2, 0) is 27.8 Å². The zero-order valence-electron chi connectivity index (χ0n) is 31.8. The zero-order chi connectivity index (χ0) is 46.9. The molecule has 0 aliphatic rings. The highest BCUT2D eigenvalue weighted by Crippen LogP contribution is 2.34. The number of alkyl halides is 2. The maximum atomic E-state index is 11.2. The molecular weight excluding hydrogens is 913 g/mol. The van der Waals surface area contributed by atoms with Gasteiger partial charge in [-0.15, -0.1) is 23.2 Å². The summed E-state index contributed by atoms with van der Waals surface area (Å²) in [4.78, 5) is 62.5. The molecule has 63 heavy (non-hydrogen) atoms. The van der Waals surface area contributed by atoms with Gasteiger partial charge in [0.2, 0.25) is 10.2 Å². The second kappa shape index (κ2) is 27.3. The van der Waals surface area contributed by atoms with Crippen molar-refractivity contribution in [2.45, 2.75) is 12.8 Å². The van der Waals surface area contributed by atoms with E-state index in [1.807, 2.05) is 0 Å². The first-order valence-corrected chi connectivity index (χ1v) is 19.9. The van der Waals surface area contributed by atoms with Crippen molar-refractivity contribution < 1.29 is 38.6 Å². The van der Waals surface area contributed by atoms with Crippen molar-refractivity contribution in [3.8, 4) is 33.8 Å². The van der Waals surface area contributed by atoms with E-state index in [0.717, 1.165) is 11.1 Å². The lowest BCUT2D eigenvalue weighted by molar-refractivity contribution is -0.385. The Bertz CT molecular complexity index is 2670. The van der Waals surface area contributed by atoms with Crippen LogP contribution in [-0.4, -0.2) is 63.5 Å². The van der Waals surface area contributed by atoms with Crippen LogP contribution in [0.15, 0.2) is 123 Å². The minimum atomic E-state index is -1.84. The molecule has 0 aliphatic heterocycles. The Kier molecular flexibility index (Phi) is 22.3. The maximum absolute atomic E-state index is 11.2. The second-order valence-corrected chi connectivity index (χ2v) is 13.7. The maximum Gasteiger partial charge on any atom is 0.409 e. The number of phenols is 1. The largest absolute Gasteiger partial charge is 0.864 e. The third kappa shape index (κ3) is 18.7. The van der Waals surface area contributed by atoms with Crippen molar-refractivity contribution in [1.29, 1.82) is 0 Å². The van der Waals surface area contributed by atoms with E-state index in [9.17, 15) is 49.0 Å². The Morgan fingerprint density at radius 2 is 1.27 bits per heavy atom. The molecule has 0 fully saturated rings. The molecule has 6 aromatic rings. The Hall–Kier alpha value is -7.62. The predicted octanol–water partition coefficient (Wildman–Crippen LogP) is 5.54. The molecular formula is C38H30Cl3N9O12S-2. The van der Waals surface area contributed by atoms with Crippen LogP contribution >= 0.6 is 33.9 Å². The van der Waals surface area contributed by atoms with E-state index in [1.54, 1.807) is 60.7 Å². The summed E-state index contributed by atoms with van der Waals surface area (Å²) in [6, 6.07) is 28.0. The predicted molar refractivity (Wildman–Crippen MR) is 232 cm³/mol. The number of aromatic amines is 2. The number of nitro benzene ring substituents is 2. The topological polar surface area (TPSA) is 342 Å². The quantitative estimate of drug-likeness (QED) is 0.0249. The number of rotatable bonds is 10. The summed E-state index contributed by atoms with van der Waals surface area (Å²) in [7, 11) is 2.82. The van der Waals surface area contributed by atoms with Crippen molar-refractivity contribution in [2.24, 2.45) is 10.1 Å². The number of benzene rings is 4. The number of primary amides is 1. The molecule has 6 rings (SSSR count). The molecule has 0 saturated heterocycles. The highest BCUT2D eigenvalue weighted by atomic mass is 35.7. The average molecular weight is 943 g/mol. The number of H-pyrrole nitrogens is 2. The van der Waals surface area contributed by atoms with Crippen LogP contribution in [0.5, 0.6) is 11.5 Å². The number of nitrogens with two attached hydrogens (primary N) is 1. The fourth-order valence-corrected chi connectivity index (χ4v) is 5.17. The summed E-state index contributed by atoms with van der Waals surface area (Å²) in [6.45, 7) is 0. The van der Waals surface area contributed by atoms with E-state index in [1.165, 1.54) is 48.5 Å². The number of nitro groups is 2. The number of hydrogen-bond acceptors (Lipinski definition) is 14. The van der Waals surface area contributed by atoms with E-state index < -0.39 is 26.1 Å². The van der Waals surface area contributed by atoms with Gasteiger partial charge in [0.25, 0.3) is 22.5 Å². The summed E-state index contributed by atoms with van der Waals surface area (Å²) >= 11 is 9.53. The number of hydrogen-bond donors (Lipinski definition) is 4. The van der Waals surface area contributed by atoms with Gasteiger partial charge in [-0.05, 0) is 71.1 Å². The van der Waals surface area contributed by atoms with Gasteiger partial charge in [-0.1, -0.05) is 36.4 Å². The summed E-state index contributed by atoms with van der Waals surface area (Å²) in [6.07, 6.45) is 0.509. The van der Waals surface area contributed by atoms with Gasteiger partial charge < -0.3 is 26.1 Å². The van der Waals surface area contributed by atoms with Gasteiger partial charge in [0.15, 0.2) is 0 Å². The molecule has 21 nitrogen and oxygen atoms in total. The normalized spacial score (nSPS) is 10.3. The molecule has 328 valence electrons. The summed E-state index contributed by atoms with van der Waals surface area (Å²) in [5.41, 5.74) is 9.37. The third-order valence-corrected chi connectivity index (χ3v) is 7.91. The first kappa shape index (κ1) is 51.5. The van der Waals surface area contributed by atoms with Gasteiger partial charge in [0, 0.05) is 71.0 Å². The number of phenolic OH excluding ortho intramolecular Hbond substituents is 1. The fourth-order valence-electron chi connectivity index (χ4n) is 5.00. The van der Waals surface area contributed by atoms with Crippen LogP contribution in [0, 0.1) is 20.2 Å². The third-order valence-electron chi connectivity index (χ3n) is 7.42. The molecule has 5 N–H and O–H groups in total. The molecule has 0 spiro atoms. The molecule has 1 atom stereocenters. The van der Waals surface area contributed by atoms with Crippen LogP contribution in [0.3, 0.4) is 0 Å². The number of carbonyl (C=O) groups is 1. The number of nitrogens with zero attached hydrogens (tertiary/aromatic N) is 6. The minimum absolute atomic E-state index is 0.0358. The Morgan fingerprint density at radius 1 is 0.825 bits per heavy atom. The van der Waals surface area contributed by atoms with Gasteiger partial charge in [-0.2, -0.15) is 14.6 Å². The SMILES string of the molecule is ClCCl.NC(=O)Oc1ccc(Cc2ccc(=O)[nH]n2)cc1-c1cccc([N+](=O)[O-])c1.O=S(Cl)N=C[O-].O=c1ccc(Cc2ccc(O)c(-c3cccc([N+](=O)[O-])c3)c2)n[nH]1.[N-]=C=O. The lowest BCUT2D eigenvalue weighted by Gasteiger charge is -2.11. The van der Waals surface area contributed by atoms with Crippen molar-refractivity contribution in [1.82, 2.24) is 20.4 Å². The van der Waals surface area contributed by atoms with Crippen molar-refractivity contribution in [3.05, 3.63) is 178 Å². The number of carbonyl (C=O) groups excluding carboxylic acids is 2. The highest BCUT2D eigenvalue weighted by Gasteiger charge is 2.15. The van der Waals surface area contributed by atoms with Crippen LogP contribution in [0.1, 0.15) is 22.5 Å². The smallest absolute Gasteiger partial charge is 0.409 e. The number of amides is 1. The molecule has 0 bridgehead atoms. The summed E-state index contributed by atoms with van der Waals surface area (Å²) < 4.78 is 17.2. The van der Waals surface area contributed by atoms with Gasteiger partial charge in [-0.3, -0.25) is 34.6 Å². The number of non-ortho nitro benzene ring substituents is 2. The van der Waals surface area contributed by atoms with E-state index in [0.29, 0.717) is 52.6 Å². The van der Waals surface area contributed by atoms with E-state index in [4.69, 9.17) is 43.9 Å². The fraction of sp³-hybridized carbons (Fsp3) is 0.0789. The van der Waals surface area contributed by atoms with E-state index >= 15 is 0 Å². The minimum Gasteiger partial charge on any atom is -0.864 e. The van der Waals surface area contributed by atoms with Gasteiger partial charge >= 0.3 is 6.09 Å². The molecule has 1 amide bonds. The van der Waals surface area contributed by atoms with Crippen molar-refractivity contribution in [3.63, 3.8) is 0 Å². The van der Waals surface area contributed by atoms with Crippen LogP contribution < -0.4 is 26.7 Å². The molecule has 1 unspecified atom stereocenters. The van der Waals surface area contributed by atoms with Crippen molar-refractivity contribution in [2.75, 3.05) is 5.34 Å². The second-order valence-electron chi connectivity index (χ2n) is 11.5. The number of ether oxygens (including phenoxy) is 1. The monoisotopic (exact) mass is 941 g/mol. The summed E-state index contributed by atoms with van der Waals surface area (Å²) in [5.74, 6) is 0.217. The molecule has 0 radical (unpaired) electrons. The Labute approximate surface area is 371 Å². The Balaban J connectivity index is 0.000000347. The Morgan fingerprint density at radius 3 is 1.65 bits per heavy atom. The van der Waals surface area contributed by atoms with Gasteiger partial charge in [-0.25, -0.2) is 19.2 Å². The molecule has 2 aromatic heterocycles. The van der Waals surface area contributed by atoms with E-state index in [-0.39, 0.29) is 45.7 Å². The molecule has 0 saturated carbocycles. The van der Waals surface area contributed by atoms with Gasteiger partial charge in [0.1, 0.15) is 11.5 Å². The number of nitrogens with one attached hydrogen (secondary N) is 2. The number of aromatic nitrogens is 4. The van der Waals surface area contributed by atoms with Gasteiger partial charge in [0.05, 0.1) is 26.6 Å². The molecule has 2 heterocycles. The lowest BCUT2D eigenvalue weighted by Crippen LogP contribution is -2.16. The number of aromatic hydroxyl groups is 1. The highest BCUT2D eigenvalue weighted by molar-refractivity contribution is 8.07. The van der Waals surface area contributed by atoms with Crippen LogP contribution in [0.4, 0.5) is 16.2 Å². The number of isocyanates is 1. The first-order valence-electron chi connectivity index (χ1n) is 16.9. The molecule has 25 heteroatoms. The molecule has 4 aromatic carbocycles. The van der Waals surface area contributed by atoms with Crippen LogP contribution in [0.2, 0.25) is 0 Å². The standard InChI is InChI=1S/C18H14N4O5.C17H13N3O4.CH2Cl2.CH2ClNO2S.CNO/c19-18(24)27-16-6-4-11(8-13-5-7-17(23)21-20-13)9-15(16)12-2-1-3-14(10-12)22(25)26;21-16-6-4-11(8-13-5-7-17(22)19-18-13)9-15(16)12-2-1-3-14(10-12)20(23)24;2-1-3;2-6(5)3-1-4;2-1-3/h1-7,9-10H,8H2,(H2,19,24)(H,21,23);1-7,9-10,21H,8H2,(H,19,22);1H2;1H,(H,3,4);/q;;;;-1/p-1. The molecule has 0 aliphatic carbocycles. The first-order chi connectivity index (χ1) is 30.0. The average Bonchev–Trinajstić information content (AvgIpc) is 3.24. The summed E-state index contributed by atoms with van der Waals surface area (Å²) in [5, 5.41) is 60.8. The number of halogens is 3. The van der Waals surface area contributed by atoms with Crippen molar-refractivity contribution >= 4 is 74.0 Å².